The van der Waals surface area contributed by atoms with E-state index in [0.717, 1.165) is 55.7 Å². The van der Waals surface area contributed by atoms with Crippen LogP contribution in [0, 0.1) is 0 Å². The van der Waals surface area contributed by atoms with Crippen molar-refractivity contribution >= 4 is 34.3 Å². The van der Waals surface area contributed by atoms with Crippen LogP contribution in [0.5, 0.6) is 0 Å². The van der Waals surface area contributed by atoms with Gasteiger partial charge in [0.05, 0.1) is 12.9 Å². The van der Waals surface area contributed by atoms with Crippen LogP contribution in [-0.2, 0) is 6.54 Å². The molecule has 3 aromatic heterocycles. The Labute approximate surface area is 215 Å². The summed E-state index contributed by atoms with van der Waals surface area (Å²) in [5.74, 6) is 1.56. The van der Waals surface area contributed by atoms with Gasteiger partial charge in [0.15, 0.2) is 17.0 Å². The molecular formula is C27H33N7OS. The van der Waals surface area contributed by atoms with Gasteiger partial charge in [-0.05, 0) is 46.4 Å². The smallest absolute Gasteiger partial charge is 0.229 e. The van der Waals surface area contributed by atoms with Crippen molar-refractivity contribution in [1.82, 2.24) is 24.4 Å². The predicted molar refractivity (Wildman–Crippen MR) is 146 cm³/mol. The lowest BCUT2D eigenvalue weighted by atomic mass is 10.1. The summed E-state index contributed by atoms with van der Waals surface area (Å²) in [5.41, 5.74) is 5.48. The SMILES string of the molecule is OCCN1CCN(c2nc(NCc3ccc(-c4ccsc4)cc3)c3ncn(C4CCCC4)c3n2)CC1. The number of hydrogen-bond acceptors (Lipinski definition) is 8. The van der Waals surface area contributed by atoms with Crippen LogP contribution in [0.25, 0.3) is 22.3 Å². The highest BCUT2D eigenvalue weighted by molar-refractivity contribution is 7.08. The van der Waals surface area contributed by atoms with Crippen molar-refractivity contribution in [2.24, 2.45) is 0 Å². The number of hydrogen-bond donors (Lipinski definition) is 2. The predicted octanol–water partition coefficient (Wildman–Crippen LogP) is 4.40. The fourth-order valence-corrected chi connectivity index (χ4v) is 6.03. The van der Waals surface area contributed by atoms with Crippen molar-refractivity contribution in [3.05, 3.63) is 53.0 Å². The van der Waals surface area contributed by atoms with E-state index in [-0.39, 0.29) is 6.61 Å². The second kappa shape index (κ2) is 10.5. The largest absolute Gasteiger partial charge is 0.395 e. The van der Waals surface area contributed by atoms with Crippen LogP contribution in [0.3, 0.4) is 0 Å². The Morgan fingerprint density at radius 3 is 2.50 bits per heavy atom. The molecule has 0 spiro atoms. The van der Waals surface area contributed by atoms with Gasteiger partial charge < -0.3 is 19.9 Å². The highest BCUT2D eigenvalue weighted by atomic mass is 32.1. The van der Waals surface area contributed by atoms with Gasteiger partial charge in [-0.3, -0.25) is 4.90 Å². The summed E-state index contributed by atoms with van der Waals surface area (Å²) in [5, 5.41) is 17.1. The van der Waals surface area contributed by atoms with Crippen molar-refractivity contribution in [1.29, 1.82) is 0 Å². The fourth-order valence-electron chi connectivity index (χ4n) is 5.36. The summed E-state index contributed by atoms with van der Waals surface area (Å²) in [6.45, 7) is 5.12. The number of benzene rings is 1. The van der Waals surface area contributed by atoms with Gasteiger partial charge in [-0.1, -0.05) is 37.1 Å². The molecule has 1 saturated carbocycles. The van der Waals surface area contributed by atoms with Crippen molar-refractivity contribution in [3.8, 4) is 11.1 Å². The Balaban J connectivity index is 1.26. The molecule has 9 heteroatoms. The highest BCUT2D eigenvalue weighted by Crippen LogP contribution is 2.33. The van der Waals surface area contributed by atoms with Gasteiger partial charge in [0.1, 0.15) is 0 Å². The average molecular weight is 504 g/mol. The number of nitrogens with one attached hydrogen (secondary N) is 1. The van der Waals surface area contributed by atoms with E-state index in [9.17, 15) is 5.11 Å². The standard InChI is InChI=1S/C27H33N7OS/c35-15-14-32-10-12-33(13-11-32)27-30-25(24-26(31-27)34(19-29-24)23-3-1-2-4-23)28-17-20-5-7-21(8-6-20)22-9-16-36-18-22/h5-9,16,18-19,23,35H,1-4,10-15,17H2,(H,28,30,31). The zero-order valence-corrected chi connectivity index (χ0v) is 21.3. The van der Waals surface area contributed by atoms with Crippen LogP contribution in [0.1, 0.15) is 37.3 Å². The van der Waals surface area contributed by atoms with Crippen molar-refractivity contribution in [2.75, 3.05) is 49.5 Å². The zero-order chi connectivity index (χ0) is 24.3. The maximum absolute atomic E-state index is 9.29. The molecule has 2 N–H and O–H groups in total. The number of thiophene rings is 1. The Morgan fingerprint density at radius 2 is 1.78 bits per heavy atom. The number of rotatable bonds is 8. The normalized spacial score (nSPS) is 17.3. The van der Waals surface area contributed by atoms with E-state index in [2.05, 4.69) is 60.8 Å². The molecule has 36 heavy (non-hydrogen) atoms. The topological polar surface area (TPSA) is 82.3 Å². The first-order chi connectivity index (χ1) is 17.8. The summed E-state index contributed by atoms with van der Waals surface area (Å²) in [4.78, 5) is 19.3. The Hall–Kier alpha value is -3.01. The number of β-amino-alcohol motifs (C(OH)–C–C–N with tert-alkyl or cyclic N) is 1. The Kier molecular flexibility index (Phi) is 6.85. The molecule has 1 aliphatic carbocycles. The van der Waals surface area contributed by atoms with E-state index in [1.165, 1.54) is 42.4 Å². The molecule has 8 nitrogen and oxygen atoms in total. The van der Waals surface area contributed by atoms with Gasteiger partial charge in [-0.2, -0.15) is 21.3 Å². The van der Waals surface area contributed by atoms with Gasteiger partial charge in [-0.25, -0.2) is 4.98 Å². The van der Waals surface area contributed by atoms with E-state index in [1.54, 1.807) is 11.3 Å². The third-order valence-corrected chi connectivity index (χ3v) is 8.15. The third-order valence-electron chi connectivity index (χ3n) is 7.47. The monoisotopic (exact) mass is 503 g/mol. The Morgan fingerprint density at radius 1 is 0.972 bits per heavy atom. The molecule has 2 aliphatic rings. The summed E-state index contributed by atoms with van der Waals surface area (Å²) < 4.78 is 2.27. The quantitative estimate of drug-likeness (QED) is 0.369. The summed E-state index contributed by atoms with van der Waals surface area (Å²) in [7, 11) is 0. The van der Waals surface area contributed by atoms with Crippen molar-refractivity contribution in [3.63, 3.8) is 0 Å². The van der Waals surface area contributed by atoms with E-state index in [0.29, 0.717) is 12.6 Å². The van der Waals surface area contributed by atoms with Crippen LogP contribution < -0.4 is 10.2 Å². The van der Waals surface area contributed by atoms with E-state index in [4.69, 9.17) is 15.0 Å². The molecule has 0 atom stereocenters. The molecule has 1 aliphatic heterocycles. The van der Waals surface area contributed by atoms with Gasteiger partial charge in [0.2, 0.25) is 5.95 Å². The maximum atomic E-state index is 9.29. The summed E-state index contributed by atoms with van der Waals surface area (Å²) >= 11 is 1.72. The number of piperazine rings is 1. The molecule has 0 amide bonds. The summed E-state index contributed by atoms with van der Waals surface area (Å²) in [6.07, 6.45) is 6.86. The zero-order valence-electron chi connectivity index (χ0n) is 20.5. The number of imidazole rings is 1. The number of anilines is 2. The van der Waals surface area contributed by atoms with Crippen molar-refractivity contribution < 1.29 is 5.11 Å². The molecule has 1 saturated heterocycles. The first kappa shape index (κ1) is 23.4. The molecule has 0 radical (unpaired) electrons. The molecule has 188 valence electrons. The minimum atomic E-state index is 0.200. The van der Waals surface area contributed by atoms with Gasteiger partial charge in [0.25, 0.3) is 0 Å². The molecule has 0 bridgehead atoms. The molecule has 1 aromatic carbocycles. The molecular weight excluding hydrogens is 470 g/mol. The second-order valence-electron chi connectivity index (χ2n) is 9.75. The third kappa shape index (κ3) is 4.83. The van der Waals surface area contributed by atoms with E-state index < -0.39 is 0 Å². The van der Waals surface area contributed by atoms with Crippen LogP contribution in [0.4, 0.5) is 11.8 Å². The minimum Gasteiger partial charge on any atom is -0.395 e. The summed E-state index contributed by atoms with van der Waals surface area (Å²) in [6, 6.07) is 11.3. The molecule has 2 fully saturated rings. The first-order valence-electron chi connectivity index (χ1n) is 13.0. The van der Waals surface area contributed by atoms with Gasteiger partial charge >= 0.3 is 0 Å². The van der Waals surface area contributed by atoms with E-state index >= 15 is 0 Å². The number of aliphatic hydroxyl groups is 1. The number of nitrogens with zero attached hydrogens (tertiary/aromatic N) is 6. The number of fused-ring (bicyclic) bond motifs is 1. The number of aliphatic hydroxyl groups excluding tert-OH is 1. The van der Waals surface area contributed by atoms with Crippen LogP contribution in [-0.4, -0.2) is 68.9 Å². The Bertz CT molecular complexity index is 1270. The van der Waals surface area contributed by atoms with Gasteiger partial charge in [0, 0.05) is 45.3 Å². The van der Waals surface area contributed by atoms with E-state index in [1.807, 2.05) is 6.33 Å². The lowest BCUT2D eigenvalue weighted by Gasteiger charge is -2.34. The maximum Gasteiger partial charge on any atom is 0.229 e. The second-order valence-corrected chi connectivity index (χ2v) is 10.5. The fraction of sp³-hybridized carbons (Fsp3) is 0.444. The van der Waals surface area contributed by atoms with Crippen LogP contribution >= 0.6 is 11.3 Å². The lowest BCUT2D eigenvalue weighted by molar-refractivity contribution is 0.188. The van der Waals surface area contributed by atoms with Gasteiger partial charge in [-0.15, -0.1) is 0 Å². The van der Waals surface area contributed by atoms with Crippen LogP contribution in [0.2, 0.25) is 0 Å². The highest BCUT2D eigenvalue weighted by Gasteiger charge is 2.24. The molecule has 6 rings (SSSR count). The number of aromatic nitrogens is 4. The minimum absolute atomic E-state index is 0.200. The van der Waals surface area contributed by atoms with Crippen molar-refractivity contribution in [2.45, 2.75) is 38.3 Å². The average Bonchev–Trinajstić information content (AvgIpc) is 3.70. The first-order valence-corrected chi connectivity index (χ1v) is 13.9. The van der Waals surface area contributed by atoms with Crippen LogP contribution in [0.15, 0.2) is 47.4 Å². The lowest BCUT2D eigenvalue weighted by Crippen LogP contribution is -2.47. The molecule has 4 heterocycles. The molecule has 4 aromatic rings. The molecule has 0 unspecified atom stereocenters.